The molecule has 62 heavy (non-hydrogen) atoms. The quantitative estimate of drug-likeness (QED) is 0.0411. The summed E-state index contributed by atoms with van der Waals surface area (Å²) >= 11 is 8.15. The molecule has 1 fully saturated rings. The predicted octanol–water partition coefficient (Wildman–Crippen LogP) is 4.19. The van der Waals surface area contributed by atoms with Gasteiger partial charge >= 0.3 is 218 Å². The standard InChI is InChI=1S/C46H53ClN5O9P/c1-26-30-21-22-31(39(54)34(30)40(55)35-33(26)41(56)37-38(51(2)3)42(57)36(45(48)60)44(59)46(37,61)43(35)58)50-32(53)20-14-6-5-7-15-23-62(47,27-16-10-8-11-17-27,28-18-12-9-13-19-28)29-24-49-52(4)25-29/h8-13,16-19,21-22,24-26,33,37-38,41,54-56,59,61H,5-7,14-15,20,23H2,1-4H3,(H2,48,60)(H,50,53)/t26-,33+,37+,38-,41-,46-/m0/s1. The van der Waals surface area contributed by atoms with E-state index < -0.39 is 87.3 Å². The molecule has 0 aliphatic heterocycles. The minimum atomic E-state index is -3.43. The fourth-order valence-electron chi connectivity index (χ4n) is 10.1. The van der Waals surface area contributed by atoms with Gasteiger partial charge in [-0.05, 0) is 25.6 Å². The first-order valence-electron chi connectivity index (χ1n) is 20.7. The number of unbranched alkanes of at least 4 members (excludes halogenated alkanes) is 4. The molecule has 3 aromatic carbocycles. The van der Waals surface area contributed by atoms with Gasteiger partial charge in [0.2, 0.25) is 5.78 Å². The topological polar surface area (TPSA) is 229 Å². The molecule has 8 N–H and O–H groups in total. The number of ketones is 2. The summed E-state index contributed by atoms with van der Waals surface area (Å²) < 4.78 is 1.79. The SMILES string of the molecule is C[C@H]1c2ccc(NC(=O)CCCCCCCP(Cl)(c3ccccc3)(c3ccccc3)c3cnn(C)c3)c(O)c2C(O)=C2C(=O)[C@]3(O)C(O)=C(C(N)=O)C(=O)[C@@H](N(C)C)[C@@H]3[C@@H](O)[C@@H]21. The Kier molecular flexibility index (Phi) is 12.1. The number of nitrogens with two attached hydrogens (primary N) is 1. The van der Waals surface area contributed by atoms with Gasteiger partial charge in [-0.3, -0.25) is 19.3 Å². The summed E-state index contributed by atoms with van der Waals surface area (Å²) in [5.74, 6) is -13.7. The number of benzene rings is 3. The third kappa shape index (κ3) is 6.93. The first-order valence-corrected chi connectivity index (χ1v) is 24.0. The maximum absolute atomic E-state index is 14.3. The van der Waals surface area contributed by atoms with Crippen molar-refractivity contribution < 1.29 is 44.7 Å². The molecule has 1 aromatic heterocycles. The third-order valence-electron chi connectivity index (χ3n) is 13.2. The number of aromatic nitrogens is 2. The molecular weight excluding hydrogens is 833 g/mol. The van der Waals surface area contributed by atoms with E-state index in [1.165, 1.54) is 25.1 Å². The van der Waals surface area contributed by atoms with Gasteiger partial charge < -0.3 is 26.2 Å². The smallest absolute Gasteiger partial charge is 0.508 e. The average Bonchev–Trinajstić information content (AvgIpc) is 3.70. The van der Waals surface area contributed by atoms with Crippen LogP contribution in [0, 0.1) is 11.8 Å². The van der Waals surface area contributed by atoms with Crippen molar-refractivity contribution in [2.75, 3.05) is 25.6 Å². The Hall–Kier alpha value is -5.37. The van der Waals surface area contributed by atoms with Crippen molar-refractivity contribution >= 4 is 67.9 Å². The summed E-state index contributed by atoms with van der Waals surface area (Å²) in [6.45, 7) is 1.64. The van der Waals surface area contributed by atoms with Crippen LogP contribution in [0.1, 0.15) is 62.5 Å². The van der Waals surface area contributed by atoms with Gasteiger partial charge in [0.05, 0.1) is 18.1 Å². The van der Waals surface area contributed by atoms with Crippen LogP contribution in [0.25, 0.3) is 5.76 Å². The molecule has 0 unspecified atom stereocenters. The van der Waals surface area contributed by atoms with Gasteiger partial charge in [0.25, 0.3) is 5.91 Å². The first kappa shape index (κ1) is 44.7. The summed E-state index contributed by atoms with van der Waals surface area (Å²) in [4.78, 5) is 54.6. The van der Waals surface area contributed by atoms with Crippen LogP contribution in [0.15, 0.2) is 102 Å². The molecule has 16 heteroatoms. The number of nitrogens with one attached hydrogen (secondary N) is 1. The molecule has 3 aliphatic carbocycles. The first-order chi connectivity index (χ1) is 29.4. The van der Waals surface area contributed by atoms with Crippen molar-refractivity contribution in [1.82, 2.24) is 14.7 Å². The third-order valence-corrected chi connectivity index (χ3v) is 20.7. The number of amides is 2. The number of anilines is 1. The molecule has 1 heterocycles. The molecule has 0 bridgehead atoms. The van der Waals surface area contributed by atoms with E-state index in [1.54, 1.807) is 17.7 Å². The van der Waals surface area contributed by atoms with Gasteiger partial charge in [-0.1, -0.05) is 6.92 Å². The molecule has 0 radical (unpaired) electrons. The van der Waals surface area contributed by atoms with Crippen LogP contribution in [0.5, 0.6) is 5.75 Å². The molecule has 1 saturated carbocycles. The second kappa shape index (κ2) is 16.7. The Bertz CT molecular complexity index is 2470. The number of hydrogen-bond acceptors (Lipinski definition) is 11. The number of primary amides is 1. The fraction of sp³-hybridized carbons (Fsp3) is 0.370. The minimum Gasteiger partial charge on any atom is -0.508 e. The summed E-state index contributed by atoms with van der Waals surface area (Å²) in [6, 6.07) is 22.0. The van der Waals surface area contributed by atoms with Crippen molar-refractivity contribution in [2.45, 2.75) is 69.1 Å². The summed E-state index contributed by atoms with van der Waals surface area (Å²) in [5, 5.41) is 68.5. The Morgan fingerprint density at radius 2 is 1.52 bits per heavy atom. The zero-order valence-electron chi connectivity index (χ0n) is 35.0. The van der Waals surface area contributed by atoms with Crippen LogP contribution in [0.2, 0.25) is 0 Å². The number of aromatic hydroxyl groups is 1. The summed E-state index contributed by atoms with van der Waals surface area (Å²) in [7, 11) is 4.78. The van der Waals surface area contributed by atoms with Gasteiger partial charge in [-0.25, -0.2) is 0 Å². The number of phenolic OH excluding ortho intramolecular Hbond substituents is 1. The number of Topliss-reactive ketones (excluding diaryl/α,β-unsaturated/α-hetero) is 2. The maximum atomic E-state index is 14.3. The number of fused-ring (bicyclic) bond motifs is 3. The number of aliphatic hydroxyl groups excluding tert-OH is 3. The Morgan fingerprint density at radius 1 is 0.919 bits per heavy atom. The van der Waals surface area contributed by atoms with E-state index in [4.69, 9.17) is 17.0 Å². The number of phenols is 1. The Labute approximate surface area is 364 Å². The number of halogens is 1. The molecular formula is C46H53ClN5O9P. The molecule has 2 amide bonds. The number of hydrogen-bond donors (Lipinski definition) is 7. The molecule has 3 aliphatic rings. The van der Waals surface area contributed by atoms with Gasteiger partial charge in [-0.2, -0.15) is 0 Å². The number of aryl methyl sites for hydroxylation is 1. The van der Waals surface area contributed by atoms with Gasteiger partial charge in [-0.15, -0.1) is 0 Å². The number of aliphatic hydroxyl groups is 4. The van der Waals surface area contributed by atoms with Gasteiger partial charge in [0, 0.05) is 11.5 Å². The van der Waals surface area contributed by atoms with Crippen LogP contribution >= 0.6 is 17.2 Å². The van der Waals surface area contributed by atoms with Crippen LogP contribution < -0.4 is 27.0 Å². The van der Waals surface area contributed by atoms with E-state index in [0.717, 1.165) is 47.8 Å². The number of carbonyl (C=O) groups excluding carboxylic acids is 4. The normalized spacial score (nSPS) is 24.3. The van der Waals surface area contributed by atoms with E-state index in [9.17, 15) is 44.7 Å². The van der Waals surface area contributed by atoms with Crippen LogP contribution in [0.4, 0.5) is 5.69 Å². The van der Waals surface area contributed by atoms with E-state index in [1.807, 2.05) is 55.8 Å². The zero-order valence-corrected chi connectivity index (χ0v) is 36.7. The van der Waals surface area contributed by atoms with Crippen LogP contribution in [-0.4, -0.2) is 102 Å². The van der Waals surface area contributed by atoms with Crippen molar-refractivity contribution in [2.24, 2.45) is 24.6 Å². The van der Waals surface area contributed by atoms with E-state index in [0.29, 0.717) is 12.0 Å². The second-order valence-electron chi connectivity index (χ2n) is 17.0. The minimum absolute atomic E-state index is 0.0349. The molecule has 14 nitrogen and oxygen atoms in total. The zero-order chi connectivity index (χ0) is 44.9. The fourth-order valence-corrected chi connectivity index (χ4v) is 16.2. The number of likely N-dealkylation sites (N-methyl/N-ethyl adjacent to an activating group) is 1. The van der Waals surface area contributed by atoms with Crippen molar-refractivity contribution in [3.8, 4) is 5.75 Å². The Balaban J connectivity index is 1.04. The van der Waals surface area contributed by atoms with E-state index in [2.05, 4.69) is 34.7 Å². The van der Waals surface area contributed by atoms with Crippen LogP contribution in [0.3, 0.4) is 0 Å². The van der Waals surface area contributed by atoms with Crippen molar-refractivity contribution in [1.29, 1.82) is 0 Å². The monoisotopic (exact) mass is 885 g/mol. The molecule has 7 rings (SSSR count). The second-order valence-corrected chi connectivity index (χ2v) is 23.6. The van der Waals surface area contributed by atoms with E-state index >= 15 is 0 Å². The van der Waals surface area contributed by atoms with Crippen LogP contribution in [-0.2, 0) is 26.2 Å². The predicted molar refractivity (Wildman–Crippen MR) is 239 cm³/mol. The molecule has 328 valence electrons. The number of carbonyl (C=O) groups is 4. The van der Waals surface area contributed by atoms with Crippen molar-refractivity contribution in [3.05, 3.63) is 113 Å². The number of rotatable bonds is 14. The molecule has 4 aromatic rings. The number of nitrogens with zero attached hydrogens (tertiary/aromatic N) is 3. The molecule has 0 saturated heterocycles. The van der Waals surface area contributed by atoms with Gasteiger partial charge in [0.15, 0.2) is 11.4 Å². The average molecular weight is 886 g/mol. The van der Waals surface area contributed by atoms with Gasteiger partial charge in [0.1, 0.15) is 17.1 Å². The Morgan fingerprint density at radius 3 is 2.08 bits per heavy atom. The molecule has 6 atom stereocenters. The molecule has 0 spiro atoms. The van der Waals surface area contributed by atoms with Crippen molar-refractivity contribution in [3.63, 3.8) is 0 Å². The van der Waals surface area contributed by atoms with E-state index in [-0.39, 0.29) is 23.6 Å². The summed E-state index contributed by atoms with van der Waals surface area (Å²) in [5.41, 5.74) is 0.983. The summed E-state index contributed by atoms with van der Waals surface area (Å²) in [6.07, 6.45) is 6.92.